The number of para-hydroxylation sites is 1. The number of ether oxygens (including phenoxy) is 1. The molecule has 0 radical (unpaired) electrons. The molecule has 0 aliphatic heterocycles. The molecule has 0 fully saturated rings. The minimum atomic E-state index is -0.506. The molecule has 0 unspecified atom stereocenters. The Morgan fingerprint density at radius 1 is 1.22 bits per heavy atom. The van der Waals surface area contributed by atoms with Crippen LogP contribution in [-0.2, 0) is 22.6 Å². The lowest BCUT2D eigenvalue weighted by Gasteiger charge is -2.09. The zero-order chi connectivity index (χ0) is 19.1. The minimum Gasteiger partial charge on any atom is -0.445 e. The summed E-state index contributed by atoms with van der Waals surface area (Å²) in [6.45, 7) is 0.123. The highest BCUT2D eigenvalue weighted by atomic mass is 16.7. The summed E-state index contributed by atoms with van der Waals surface area (Å²) in [6.07, 6.45) is 4.22. The Balaban J connectivity index is 0.00000280. The third-order valence-electron chi connectivity index (χ3n) is 3.90. The van der Waals surface area contributed by atoms with E-state index in [-0.39, 0.29) is 14.5 Å². The van der Waals surface area contributed by atoms with Crippen molar-refractivity contribution in [1.29, 1.82) is 0 Å². The van der Waals surface area contributed by atoms with E-state index in [0.717, 1.165) is 16.0 Å². The second-order valence-electron chi connectivity index (χ2n) is 5.74. The van der Waals surface area contributed by atoms with Gasteiger partial charge in [0.25, 0.3) is 0 Å². The van der Waals surface area contributed by atoms with Gasteiger partial charge in [0.2, 0.25) is 0 Å². The third kappa shape index (κ3) is 4.78. The van der Waals surface area contributed by atoms with Crippen LogP contribution in [0.5, 0.6) is 0 Å². The number of carbonyl (C=O) groups is 2. The van der Waals surface area contributed by atoms with Gasteiger partial charge in [-0.2, -0.15) is 0 Å². The Morgan fingerprint density at radius 3 is 2.93 bits per heavy atom. The highest BCUT2D eigenvalue weighted by molar-refractivity contribution is 5.75. The molecule has 1 N–H and O–H groups in total. The molecular weight excluding hydrogens is 350 g/mol. The number of aryl methyl sites for hydroxylation is 1. The number of alkyl carbamates (subject to hydrolysis) is 1. The summed E-state index contributed by atoms with van der Waals surface area (Å²) in [6, 6.07) is 9.07. The van der Waals surface area contributed by atoms with Crippen LogP contribution in [0.15, 0.2) is 42.7 Å². The summed E-state index contributed by atoms with van der Waals surface area (Å²) >= 11 is 0. The first kappa shape index (κ1) is 18.3. The Morgan fingerprint density at radius 2 is 2.07 bits per heavy atom. The SMILES string of the molecule is CNC(=O)OCc1cnccc1CCCC(=O)On1nnc2ccccc21.[HH]. The van der Waals surface area contributed by atoms with Crippen LogP contribution in [0.4, 0.5) is 4.79 Å². The van der Waals surface area contributed by atoms with Gasteiger partial charge >= 0.3 is 12.1 Å². The molecule has 3 rings (SSSR count). The average molecular weight is 371 g/mol. The zero-order valence-electron chi connectivity index (χ0n) is 14.8. The topological polar surface area (TPSA) is 108 Å². The van der Waals surface area contributed by atoms with Crippen LogP contribution in [0.2, 0.25) is 0 Å². The summed E-state index contributed by atoms with van der Waals surface area (Å²) in [5.74, 6) is -0.400. The van der Waals surface area contributed by atoms with Crippen LogP contribution in [0.1, 0.15) is 25.4 Å². The first-order chi connectivity index (χ1) is 13.2. The Kier molecular flexibility index (Phi) is 5.93. The largest absolute Gasteiger partial charge is 0.445 e. The van der Waals surface area contributed by atoms with Gasteiger partial charge in [0, 0.05) is 32.9 Å². The Labute approximate surface area is 156 Å². The number of hydrogen-bond acceptors (Lipinski definition) is 7. The standard InChI is InChI=1S/C18H19N5O4.H2/c1-19-18(25)26-12-14-11-20-10-9-13(14)5-4-8-17(24)27-23-16-7-3-2-6-15(16)21-22-23;/h2-3,6-7,9-11H,4-5,8,12H2,1H3,(H,19,25);1H. The van der Waals surface area contributed by atoms with E-state index in [4.69, 9.17) is 9.57 Å². The summed E-state index contributed by atoms with van der Waals surface area (Å²) in [5, 5.41) is 10.2. The molecular formula is C18H21N5O4. The number of amides is 1. The van der Waals surface area contributed by atoms with Crippen molar-refractivity contribution in [2.24, 2.45) is 0 Å². The first-order valence-corrected chi connectivity index (χ1v) is 8.45. The fourth-order valence-corrected chi connectivity index (χ4v) is 2.53. The molecule has 0 aliphatic carbocycles. The molecule has 142 valence electrons. The van der Waals surface area contributed by atoms with Gasteiger partial charge < -0.3 is 14.9 Å². The van der Waals surface area contributed by atoms with Crippen molar-refractivity contribution in [2.45, 2.75) is 25.9 Å². The Hall–Kier alpha value is -3.49. The van der Waals surface area contributed by atoms with Crippen molar-refractivity contribution < 1.29 is 20.6 Å². The number of nitrogens with one attached hydrogen (secondary N) is 1. The maximum Gasteiger partial charge on any atom is 0.407 e. The molecule has 0 aliphatic rings. The summed E-state index contributed by atoms with van der Waals surface area (Å²) in [4.78, 5) is 33.7. The van der Waals surface area contributed by atoms with Gasteiger partial charge in [-0.05, 0) is 41.8 Å². The molecule has 0 spiro atoms. The number of carbonyl (C=O) groups excluding carboxylic acids is 2. The Bertz CT molecular complexity index is 946. The van der Waals surface area contributed by atoms with E-state index in [0.29, 0.717) is 23.9 Å². The van der Waals surface area contributed by atoms with Crippen molar-refractivity contribution in [3.05, 3.63) is 53.9 Å². The molecule has 27 heavy (non-hydrogen) atoms. The van der Waals surface area contributed by atoms with Gasteiger partial charge in [-0.25, -0.2) is 9.59 Å². The maximum absolute atomic E-state index is 12.1. The normalized spacial score (nSPS) is 10.6. The second-order valence-corrected chi connectivity index (χ2v) is 5.74. The predicted octanol–water partition coefficient (Wildman–Crippen LogP) is 1.91. The van der Waals surface area contributed by atoms with Gasteiger partial charge in [0.05, 0.1) is 0 Å². The van der Waals surface area contributed by atoms with Crippen LogP contribution in [0, 0.1) is 0 Å². The van der Waals surface area contributed by atoms with E-state index in [1.165, 1.54) is 7.05 Å². The van der Waals surface area contributed by atoms with Crippen molar-refractivity contribution >= 4 is 23.1 Å². The van der Waals surface area contributed by atoms with Gasteiger partial charge in [-0.1, -0.05) is 17.0 Å². The minimum absolute atomic E-state index is 0. The van der Waals surface area contributed by atoms with E-state index >= 15 is 0 Å². The van der Waals surface area contributed by atoms with Crippen LogP contribution >= 0.6 is 0 Å². The van der Waals surface area contributed by atoms with Crippen molar-refractivity contribution in [3.63, 3.8) is 0 Å². The molecule has 9 heteroatoms. The lowest BCUT2D eigenvalue weighted by Crippen LogP contribution is -2.21. The zero-order valence-corrected chi connectivity index (χ0v) is 14.8. The van der Waals surface area contributed by atoms with Crippen molar-refractivity contribution in [2.75, 3.05) is 7.05 Å². The summed E-state index contributed by atoms with van der Waals surface area (Å²) in [5.41, 5.74) is 3.06. The lowest BCUT2D eigenvalue weighted by molar-refractivity contribution is -0.145. The maximum atomic E-state index is 12.1. The third-order valence-corrected chi connectivity index (χ3v) is 3.90. The fraction of sp³-hybridized carbons (Fsp3) is 0.278. The van der Waals surface area contributed by atoms with E-state index in [2.05, 4.69) is 20.6 Å². The molecule has 2 aromatic heterocycles. The highest BCUT2D eigenvalue weighted by Crippen LogP contribution is 2.13. The van der Waals surface area contributed by atoms with Crippen LogP contribution < -0.4 is 10.2 Å². The van der Waals surface area contributed by atoms with Gasteiger partial charge in [0.15, 0.2) is 0 Å². The smallest absolute Gasteiger partial charge is 0.407 e. The molecule has 0 atom stereocenters. The molecule has 3 aromatic rings. The summed E-state index contributed by atoms with van der Waals surface area (Å²) < 4.78 is 5.06. The highest BCUT2D eigenvalue weighted by Gasteiger charge is 2.11. The van der Waals surface area contributed by atoms with E-state index < -0.39 is 12.1 Å². The van der Waals surface area contributed by atoms with Gasteiger partial charge in [0.1, 0.15) is 17.6 Å². The van der Waals surface area contributed by atoms with E-state index in [1.54, 1.807) is 24.5 Å². The van der Waals surface area contributed by atoms with Crippen molar-refractivity contribution in [3.8, 4) is 0 Å². The molecule has 9 nitrogen and oxygen atoms in total. The average Bonchev–Trinajstić information content (AvgIpc) is 3.10. The molecule has 0 bridgehead atoms. The predicted molar refractivity (Wildman–Crippen MR) is 97.6 cm³/mol. The van der Waals surface area contributed by atoms with Crippen LogP contribution in [0.25, 0.3) is 11.0 Å². The number of pyridine rings is 1. The summed E-state index contributed by atoms with van der Waals surface area (Å²) in [7, 11) is 1.50. The monoisotopic (exact) mass is 371 g/mol. The van der Waals surface area contributed by atoms with Gasteiger partial charge in [-0.15, -0.1) is 5.10 Å². The van der Waals surface area contributed by atoms with E-state index in [9.17, 15) is 9.59 Å². The second kappa shape index (κ2) is 8.75. The van der Waals surface area contributed by atoms with E-state index in [1.807, 2.05) is 18.2 Å². The molecule has 2 heterocycles. The number of fused-ring (bicyclic) bond motifs is 1. The van der Waals surface area contributed by atoms with Crippen LogP contribution in [-0.4, -0.2) is 39.3 Å². The molecule has 0 saturated carbocycles. The lowest BCUT2D eigenvalue weighted by atomic mass is 10.0. The molecule has 1 aromatic carbocycles. The first-order valence-electron chi connectivity index (χ1n) is 8.45. The van der Waals surface area contributed by atoms with Gasteiger partial charge in [-0.3, -0.25) is 4.98 Å². The number of aromatic nitrogens is 4. The fourth-order valence-electron chi connectivity index (χ4n) is 2.53. The quantitative estimate of drug-likeness (QED) is 0.632. The number of hydrogen-bond donors (Lipinski definition) is 1. The van der Waals surface area contributed by atoms with Crippen LogP contribution in [0.3, 0.4) is 0 Å². The number of nitrogens with zero attached hydrogens (tertiary/aromatic N) is 4. The molecule has 0 saturated heterocycles. The molecule has 1 amide bonds. The number of rotatable bonds is 7. The van der Waals surface area contributed by atoms with Crippen molar-refractivity contribution in [1.82, 2.24) is 25.5 Å². The number of benzene rings is 1.